The molecule has 0 radical (unpaired) electrons. The molecule has 0 aliphatic carbocycles. The zero-order valence-corrected chi connectivity index (χ0v) is 16.4. The van der Waals surface area contributed by atoms with Gasteiger partial charge in [0, 0.05) is 31.1 Å². The highest BCUT2D eigenvalue weighted by Gasteiger charge is 2.41. The SMILES string of the molecule is Cc1ccc(C(=O)N2CCC3(CC2)CC(CNS(C)(=O)=O)CCO3)s1. The van der Waals surface area contributed by atoms with E-state index in [1.807, 2.05) is 24.0 Å². The van der Waals surface area contributed by atoms with Crippen molar-refractivity contribution in [2.24, 2.45) is 5.92 Å². The van der Waals surface area contributed by atoms with Crippen LogP contribution in [0, 0.1) is 12.8 Å². The van der Waals surface area contributed by atoms with E-state index in [4.69, 9.17) is 4.74 Å². The number of rotatable bonds is 4. The van der Waals surface area contributed by atoms with E-state index in [1.54, 1.807) is 0 Å². The Labute approximate surface area is 153 Å². The van der Waals surface area contributed by atoms with E-state index < -0.39 is 10.0 Å². The van der Waals surface area contributed by atoms with Crippen molar-refractivity contribution in [3.8, 4) is 0 Å². The molecule has 2 aliphatic rings. The van der Waals surface area contributed by atoms with Gasteiger partial charge in [0.1, 0.15) is 0 Å². The van der Waals surface area contributed by atoms with Gasteiger partial charge in [0.25, 0.3) is 5.91 Å². The Bertz CT molecular complexity index is 721. The Kier molecular flexibility index (Phi) is 5.53. The van der Waals surface area contributed by atoms with Crippen LogP contribution in [-0.4, -0.2) is 57.3 Å². The van der Waals surface area contributed by atoms with Crippen LogP contribution >= 0.6 is 11.3 Å². The normalized spacial score (nSPS) is 23.8. The van der Waals surface area contributed by atoms with Gasteiger partial charge in [0.2, 0.25) is 10.0 Å². The Morgan fingerprint density at radius 2 is 2.12 bits per heavy atom. The van der Waals surface area contributed by atoms with E-state index in [0.29, 0.717) is 32.2 Å². The molecule has 0 aromatic carbocycles. The fourth-order valence-corrected chi connectivity index (χ4v) is 5.12. The summed E-state index contributed by atoms with van der Waals surface area (Å²) in [5.41, 5.74) is -0.204. The predicted molar refractivity (Wildman–Crippen MR) is 98.4 cm³/mol. The number of ether oxygens (including phenoxy) is 1. The second-order valence-corrected chi connectivity index (χ2v) is 10.3. The van der Waals surface area contributed by atoms with E-state index >= 15 is 0 Å². The first-order valence-corrected chi connectivity index (χ1v) is 11.4. The largest absolute Gasteiger partial charge is 0.375 e. The maximum atomic E-state index is 12.6. The number of nitrogens with zero attached hydrogens (tertiary/aromatic N) is 1. The van der Waals surface area contributed by atoms with Crippen LogP contribution in [0.15, 0.2) is 12.1 Å². The highest BCUT2D eigenvalue weighted by molar-refractivity contribution is 7.88. The van der Waals surface area contributed by atoms with Crippen LogP contribution in [0.5, 0.6) is 0 Å². The van der Waals surface area contributed by atoms with E-state index in [1.165, 1.54) is 17.6 Å². The van der Waals surface area contributed by atoms with Crippen molar-refractivity contribution in [1.29, 1.82) is 0 Å². The minimum atomic E-state index is -3.16. The van der Waals surface area contributed by atoms with Gasteiger partial charge < -0.3 is 9.64 Å². The fourth-order valence-electron chi connectivity index (χ4n) is 3.74. The number of aryl methyl sites for hydroxylation is 1. The van der Waals surface area contributed by atoms with Crippen LogP contribution in [0.4, 0.5) is 0 Å². The van der Waals surface area contributed by atoms with Crippen LogP contribution < -0.4 is 4.72 Å². The molecule has 1 amide bonds. The zero-order chi connectivity index (χ0) is 18.1. The molecule has 0 bridgehead atoms. The summed E-state index contributed by atoms with van der Waals surface area (Å²) in [5, 5.41) is 0. The highest BCUT2D eigenvalue weighted by Crippen LogP contribution is 2.38. The first-order valence-electron chi connectivity index (χ1n) is 8.71. The second kappa shape index (κ2) is 7.34. The van der Waals surface area contributed by atoms with E-state index in [-0.39, 0.29) is 11.5 Å². The molecule has 140 valence electrons. The predicted octanol–water partition coefficient (Wildman–Crippen LogP) is 2.01. The molecule has 6 nitrogen and oxygen atoms in total. The van der Waals surface area contributed by atoms with Gasteiger partial charge in [0.05, 0.1) is 16.7 Å². The molecule has 1 aromatic rings. The summed E-state index contributed by atoms with van der Waals surface area (Å²) in [4.78, 5) is 16.4. The van der Waals surface area contributed by atoms with Crippen LogP contribution in [-0.2, 0) is 14.8 Å². The number of hydrogen-bond donors (Lipinski definition) is 1. The third-order valence-corrected chi connectivity index (χ3v) is 6.82. The number of thiophene rings is 1. The zero-order valence-electron chi connectivity index (χ0n) is 14.8. The number of amides is 1. The Hall–Kier alpha value is -0.960. The third kappa shape index (κ3) is 4.81. The maximum absolute atomic E-state index is 12.6. The lowest BCUT2D eigenvalue weighted by atomic mass is 9.79. The second-order valence-electron chi connectivity index (χ2n) is 7.21. The molecular formula is C17H26N2O4S2. The molecule has 1 N–H and O–H groups in total. The fraction of sp³-hybridized carbons (Fsp3) is 0.706. The maximum Gasteiger partial charge on any atom is 0.263 e. The van der Waals surface area contributed by atoms with E-state index in [0.717, 1.165) is 35.4 Å². The highest BCUT2D eigenvalue weighted by atomic mass is 32.2. The number of sulfonamides is 1. The van der Waals surface area contributed by atoms with Crippen LogP contribution in [0.3, 0.4) is 0 Å². The Morgan fingerprint density at radius 1 is 1.40 bits per heavy atom. The van der Waals surface area contributed by atoms with Gasteiger partial charge in [-0.25, -0.2) is 13.1 Å². The summed E-state index contributed by atoms with van der Waals surface area (Å²) in [6, 6.07) is 3.88. The minimum Gasteiger partial charge on any atom is -0.375 e. The summed E-state index contributed by atoms with van der Waals surface area (Å²) in [6.07, 6.45) is 4.56. The van der Waals surface area contributed by atoms with Gasteiger partial charge in [0.15, 0.2) is 0 Å². The number of carbonyl (C=O) groups is 1. The molecule has 2 saturated heterocycles. The molecule has 3 heterocycles. The molecule has 25 heavy (non-hydrogen) atoms. The van der Waals surface area contributed by atoms with Crippen LogP contribution in [0.1, 0.15) is 40.2 Å². The number of likely N-dealkylation sites (tertiary alicyclic amines) is 1. The van der Waals surface area contributed by atoms with Crippen molar-refractivity contribution >= 4 is 27.3 Å². The van der Waals surface area contributed by atoms with Gasteiger partial charge >= 0.3 is 0 Å². The van der Waals surface area contributed by atoms with Crippen molar-refractivity contribution in [2.75, 3.05) is 32.5 Å². The molecule has 8 heteroatoms. The van der Waals surface area contributed by atoms with Crippen LogP contribution in [0.25, 0.3) is 0 Å². The molecule has 0 saturated carbocycles. The first kappa shape index (κ1) is 18.8. The average molecular weight is 387 g/mol. The number of piperidine rings is 1. The summed E-state index contributed by atoms with van der Waals surface area (Å²) < 4.78 is 31.3. The average Bonchev–Trinajstić information content (AvgIpc) is 2.99. The molecule has 1 atom stereocenters. The molecule has 1 aromatic heterocycles. The van der Waals surface area contributed by atoms with E-state index in [9.17, 15) is 13.2 Å². The van der Waals surface area contributed by atoms with Crippen molar-refractivity contribution in [1.82, 2.24) is 9.62 Å². The molecular weight excluding hydrogens is 360 g/mol. The molecule has 1 spiro atoms. The summed E-state index contributed by atoms with van der Waals surface area (Å²) in [7, 11) is -3.16. The minimum absolute atomic E-state index is 0.110. The van der Waals surface area contributed by atoms with Gasteiger partial charge in [-0.1, -0.05) is 0 Å². The van der Waals surface area contributed by atoms with Gasteiger partial charge in [-0.15, -0.1) is 11.3 Å². The number of nitrogens with one attached hydrogen (secondary N) is 1. The van der Waals surface area contributed by atoms with Crippen LogP contribution in [0.2, 0.25) is 0 Å². The van der Waals surface area contributed by atoms with Gasteiger partial charge in [-0.3, -0.25) is 4.79 Å². The first-order chi connectivity index (χ1) is 11.8. The van der Waals surface area contributed by atoms with Gasteiger partial charge in [-0.2, -0.15) is 0 Å². The monoisotopic (exact) mass is 386 g/mol. The summed E-state index contributed by atoms with van der Waals surface area (Å²) in [6.45, 7) is 4.53. The third-order valence-electron chi connectivity index (χ3n) is 5.14. The summed E-state index contributed by atoms with van der Waals surface area (Å²) >= 11 is 1.54. The molecule has 3 rings (SSSR count). The molecule has 2 fully saturated rings. The van der Waals surface area contributed by atoms with Crippen molar-refractivity contribution < 1.29 is 17.9 Å². The Morgan fingerprint density at radius 3 is 2.72 bits per heavy atom. The van der Waals surface area contributed by atoms with Crippen molar-refractivity contribution in [2.45, 2.75) is 38.2 Å². The molecule has 2 aliphatic heterocycles. The Balaban J connectivity index is 1.56. The lowest BCUT2D eigenvalue weighted by molar-refractivity contribution is -0.122. The summed E-state index contributed by atoms with van der Waals surface area (Å²) in [5.74, 6) is 0.407. The smallest absolute Gasteiger partial charge is 0.263 e. The standard InChI is InChI=1S/C17H26N2O4S2/c1-13-3-4-15(24-13)16(20)19-8-6-17(7-9-19)11-14(5-10-23-17)12-18-25(2,21)22/h3-4,14,18H,5-12H2,1-2H3. The van der Waals surface area contributed by atoms with Crippen molar-refractivity contribution in [3.05, 3.63) is 21.9 Å². The lowest BCUT2D eigenvalue weighted by Gasteiger charge is -2.46. The van der Waals surface area contributed by atoms with Gasteiger partial charge in [-0.05, 0) is 50.7 Å². The lowest BCUT2D eigenvalue weighted by Crippen LogP contribution is -2.51. The van der Waals surface area contributed by atoms with Crippen molar-refractivity contribution in [3.63, 3.8) is 0 Å². The number of carbonyl (C=O) groups excluding carboxylic acids is 1. The quantitative estimate of drug-likeness (QED) is 0.859. The topological polar surface area (TPSA) is 75.7 Å². The number of hydrogen-bond acceptors (Lipinski definition) is 5. The molecule has 1 unspecified atom stereocenters. The van der Waals surface area contributed by atoms with E-state index in [2.05, 4.69) is 4.72 Å².